The van der Waals surface area contributed by atoms with Crippen molar-refractivity contribution in [3.05, 3.63) is 47.3 Å². The molecule has 1 aliphatic carbocycles. The fourth-order valence-corrected chi connectivity index (χ4v) is 3.24. The molecule has 1 aromatic heterocycles. The lowest BCUT2D eigenvalue weighted by atomic mass is 10.1. The Bertz CT molecular complexity index is 736. The highest BCUT2D eigenvalue weighted by Crippen LogP contribution is 2.32. The fourth-order valence-electron chi connectivity index (χ4n) is 3.24. The number of nitrogens with zero attached hydrogens (tertiary/aromatic N) is 1. The van der Waals surface area contributed by atoms with E-state index in [0.717, 1.165) is 35.7 Å². The Morgan fingerprint density at radius 1 is 1.32 bits per heavy atom. The largest absolute Gasteiger partial charge is 0.497 e. The minimum atomic E-state index is -0.0368. The van der Waals surface area contributed by atoms with Crippen LogP contribution in [0.15, 0.2) is 30.3 Å². The number of carbonyl (C=O) groups excluding carboxylic acids is 1. The molecular formula is C19H26ClN3O2. The Morgan fingerprint density at radius 3 is 2.48 bits per heavy atom. The van der Waals surface area contributed by atoms with E-state index in [1.807, 2.05) is 44.2 Å². The zero-order chi connectivity index (χ0) is 17.3. The van der Waals surface area contributed by atoms with Gasteiger partial charge >= 0.3 is 0 Å². The number of rotatable bonds is 6. The number of nitrogens with two attached hydrogens (primary N) is 1. The fraction of sp³-hybridized carbons (Fsp3) is 0.421. The summed E-state index contributed by atoms with van der Waals surface area (Å²) in [6.45, 7) is 4.48. The van der Waals surface area contributed by atoms with Gasteiger partial charge < -0.3 is 20.4 Å². The number of aromatic nitrogens is 1. The molecule has 2 aromatic rings. The van der Waals surface area contributed by atoms with Crippen LogP contribution in [0.5, 0.6) is 5.75 Å². The maximum absolute atomic E-state index is 12.7. The number of nitrogens with one attached hydrogen (secondary N) is 1. The Balaban J connectivity index is 0.00000225. The van der Waals surface area contributed by atoms with Crippen molar-refractivity contribution < 1.29 is 9.53 Å². The van der Waals surface area contributed by atoms with Crippen LogP contribution in [-0.4, -0.2) is 30.2 Å². The van der Waals surface area contributed by atoms with Crippen molar-refractivity contribution in [1.29, 1.82) is 0 Å². The third-order valence-corrected chi connectivity index (χ3v) is 4.77. The molecule has 6 heteroatoms. The minimum absolute atomic E-state index is 0. The van der Waals surface area contributed by atoms with Gasteiger partial charge in [-0.15, -0.1) is 12.4 Å². The molecule has 0 radical (unpaired) electrons. The third kappa shape index (κ3) is 3.99. The monoisotopic (exact) mass is 363 g/mol. The normalized spacial score (nSPS) is 14.6. The van der Waals surface area contributed by atoms with Gasteiger partial charge in [0.05, 0.1) is 12.7 Å². The molecule has 1 unspecified atom stereocenters. The standard InChI is InChI=1S/C19H25N3O2.ClH/c1-12-10-17(19(23)21-18(11-20)14-4-5-14)13(2)22(12)15-6-8-16(24-3)9-7-15;/h6-10,14,18H,4-5,11,20H2,1-3H3,(H,21,23);1H. The summed E-state index contributed by atoms with van der Waals surface area (Å²) in [6, 6.07) is 9.86. The highest BCUT2D eigenvalue weighted by atomic mass is 35.5. The van der Waals surface area contributed by atoms with E-state index >= 15 is 0 Å². The van der Waals surface area contributed by atoms with Crippen LogP contribution >= 0.6 is 12.4 Å². The van der Waals surface area contributed by atoms with E-state index in [4.69, 9.17) is 10.5 Å². The average Bonchev–Trinajstić information content (AvgIpc) is 3.38. The molecule has 1 saturated carbocycles. The van der Waals surface area contributed by atoms with Crippen molar-refractivity contribution in [3.63, 3.8) is 0 Å². The molecule has 0 spiro atoms. The summed E-state index contributed by atoms with van der Waals surface area (Å²) < 4.78 is 7.29. The summed E-state index contributed by atoms with van der Waals surface area (Å²) in [5.41, 5.74) is 9.49. The predicted octanol–water partition coefficient (Wildman–Crippen LogP) is 2.99. The molecule has 136 valence electrons. The van der Waals surface area contributed by atoms with Crippen molar-refractivity contribution >= 4 is 18.3 Å². The summed E-state index contributed by atoms with van der Waals surface area (Å²) >= 11 is 0. The number of carbonyl (C=O) groups is 1. The van der Waals surface area contributed by atoms with E-state index in [2.05, 4.69) is 9.88 Å². The molecule has 3 rings (SSSR count). The van der Waals surface area contributed by atoms with Gasteiger partial charge in [-0.25, -0.2) is 0 Å². The van der Waals surface area contributed by atoms with E-state index < -0.39 is 0 Å². The summed E-state index contributed by atoms with van der Waals surface area (Å²) in [7, 11) is 1.65. The second-order valence-corrected chi connectivity index (χ2v) is 6.47. The number of hydrogen-bond acceptors (Lipinski definition) is 3. The topological polar surface area (TPSA) is 69.3 Å². The second-order valence-electron chi connectivity index (χ2n) is 6.47. The second kappa shape index (κ2) is 7.93. The lowest BCUT2D eigenvalue weighted by molar-refractivity contribution is 0.0933. The highest BCUT2D eigenvalue weighted by Gasteiger charge is 2.32. The molecule has 3 N–H and O–H groups in total. The summed E-state index contributed by atoms with van der Waals surface area (Å²) in [6.07, 6.45) is 2.32. The average molecular weight is 364 g/mol. The predicted molar refractivity (Wildman–Crippen MR) is 102 cm³/mol. The first-order chi connectivity index (χ1) is 11.5. The van der Waals surface area contributed by atoms with Crippen LogP contribution in [0.3, 0.4) is 0 Å². The lowest BCUT2D eigenvalue weighted by Crippen LogP contribution is -2.41. The van der Waals surface area contributed by atoms with Gasteiger partial charge in [0.15, 0.2) is 0 Å². The summed E-state index contributed by atoms with van der Waals surface area (Å²) in [4.78, 5) is 12.7. The zero-order valence-corrected chi connectivity index (χ0v) is 15.7. The maximum Gasteiger partial charge on any atom is 0.253 e. The van der Waals surface area contributed by atoms with E-state index in [1.54, 1.807) is 7.11 Å². The first-order valence-electron chi connectivity index (χ1n) is 8.39. The molecule has 1 atom stereocenters. The Morgan fingerprint density at radius 2 is 1.96 bits per heavy atom. The van der Waals surface area contributed by atoms with Gasteiger partial charge in [0.2, 0.25) is 0 Å². The molecule has 1 aromatic carbocycles. The van der Waals surface area contributed by atoms with Crippen LogP contribution < -0.4 is 15.8 Å². The number of benzene rings is 1. The zero-order valence-electron chi connectivity index (χ0n) is 14.9. The van der Waals surface area contributed by atoms with Crippen LogP contribution in [0.1, 0.15) is 34.6 Å². The molecule has 1 fully saturated rings. The first kappa shape index (κ1) is 19.3. The quantitative estimate of drug-likeness (QED) is 0.828. The number of aryl methyl sites for hydroxylation is 1. The number of amides is 1. The van der Waals surface area contributed by atoms with Gasteiger partial charge in [0.1, 0.15) is 5.75 Å². The van der Waals surface area contributed by atoms with Crippen LogP contribution in [-0.2, 0) is 0 Å². The molecule has 1 aliphatic rings. The van der Waals surface area contributed by atoms with E-state index in [0.29, 0.717) is 18.0 Å². The van der Waals surface area contributed by atoms with Crippen LogP contribution in [0.4, 0.5) is 0 Å². The first-order valence-corrected chi connectivity index (χ1v) is 8.39. The molecule has 0 aliphatic heterocycles. The number of halogens is 1. The molecule has 5 nitrogen and oxygen atoms in total. The van der Waals surface area contributed by atoms with Gasteiger partial charge in [-0.3, -0.25) is 4.79 Å². The summed E-state index contributed by atoms with van der Waals surface area (Å²) in [5.74, 6) is 1.32. The van der Waals surface area contributed by atoms with Crippen LogP contribution in [0, 0.1) is 19.8 Å². The van der Waals surface area contributed by atoms with Crippen molar-refractivity contribution in [2.45, 2.75) is 32.7 Å². The van der Waals surface area contributed by atoms with Gasteiger partial charge in [-0.2, -0.15) is 0 Å². The third-order valence-electron chi connectivity index (χ3n) is 4.77. The summed E-state index contributed by atoms with van der Waals surface area (Å²) in [5, 5.41) is 3.10. The van der Waals surface area contributed by atoms with Gasteiger partial charge in [0, 0.05) is 29.7 Å². The number of methoxy groups -OCH3 is 1. The lowest BCUT2D eigenvalue weighted by Gasteiger charge is -2.16. The van der Waals surface area contributed by atoms with E-state index in [1.165, 1.54) is 0 Å². The molecule has 1 heterocycles. The van der Waals surface area contributed by atoms with Crippen LogP contribution in [0.2, 0.25) is 0 Å². The van der Waals surface area contributed by atoms with Gasteiger partial charge in [-0.1, -0.05) is 0 Å². The van der Waals surface area contributed by atoms with Crippen LogP contribution in [0.25, 0.3) is 5.69 Å². The number of hydrogen-bond donors (Lipinski definition) is 2. The molecule has 25 heavy (non-hydrogen) atoms. The molecule has 0 saturated heterocycles. The van der Waals surface area contributed by atoms with Crippen molar-refractivity contribution in [2.24, 2.45) is 11.7 Å². The van der Waals surface area contributed by atoms with Crippen molar-refractivity contribution in [2.75, 3.05) is 13.7 Å². The van der Waals surface area contributed by atoms with Gasteiger partial charge in [-0.05, 0) is 62.9 Å². The van der Waals surface area contributed by atoms with Crippen molar-refractivity contribution in [3.8, 4) is 11.4 Å². The molecule has 1 amide bonds. The molecule has 0 bridgehead atoms. The minimum Gasteiger partial charge on any atom is -0.497 e. The Kier molecular flexibility index (Phi) is 6.14. The van der Waals surface area contributed by atoms with E-state index in [-0.39, 0.29) is 24.4 Å². The SMILES string of the molecule is COc1ccc(-n2c(C)cc(C(=O)NC(CN)C3CC3)c2C)cc1.Cl. The Labute approximate surface area is 155 Å². The Hall–Kier alpha value is -1.98. The molecular weight excluding hydrogens is 338 g/mol. The maximum atomic E-state index is 12.7. The van der Waals surface area contributed by atoms with Crippen molar-refractivity contribution in [1.82, 2.24) is 9.88 Å². The smallest absolute Gasteiger partial charge is 0.253 e. The van der Waals surface area contributed by atoms with E-state index in [9.17, 15) is 4.79 Å². The van der Waals surface area contributed by atoms with Gasteiger partial charge in [0.25, 0.3) is 5.91 Å². The highest BCUT2D eigenvalue weighted by molar-refractivity contribution is 5.96. The number of ether oxygens (including phenoxy) is 1.